The molecule has 0 aliphatic carbocycles. The van der Waals surface area contributed by atoms with Crippen molar-refractivity contribution in [3.05, 3.63) is 66.1 Å². The van der Waals surface area contributed by atoms with E-state index in [0.717, 1.165) is 11.8 Å². The topological polar surface area (TPSA) is 49.8 Å². The molecule has 144 valence electrons. The Morgan fingerprint density at radius 1 is 1.26 bits per heavy atom. The van der Waals surface area contributed by atoms with Gasteiger partial charge in [-0.05, 0) is 43.7 Å². The summed E-state index contributed by atoms with van der Waals surface area (Å²) in [5.74, 6) is -0.310. The van der Waals surface area contributed by atoms with Gasteiger partial charge in [-0.3, -0.25) is 0 Å². The lowest BCUT2D eigenvalue weighted by Gasteiger charge is -2.20. The largest absolute Gasteiger partial charge is 0.491 e. The fourth-order valence-corrected chi connectivity index (χ4v) is 2.44. The third-order valence-corrected chi connectivity index (χ3v) is 3.76. The summed E-state index contributed by atoms with van der Waals surface area (Å²) in [4.78, 5) is 9.53. The SMILES string of the molecule is CN/C(=N/C(C)COc1ccccc1)N(C)/C=C(\C)c1ccc(F)nc1F. The van der Waals surface area contributed by atoms with E-state index < -0.39 is 11.9 Å². The average molecular weight is 374 g/mol. The maximum absolute atomic E-state index is 13.8. The highest BCUT2D eigenvalue weighted by Gasteiger charge is 2.10. The fraction of sp³-hybridized carbons (Fsp3) is 0.300. The van der Waals surface area contributed by atoms with Crippen LogP contribution in [0.25, 0.3) is 5.57 Å². The van der Waals surface area contributed by atoms with E-state index in [4.69, 9.17) is 4.74 Å². The van der Waals surface area contributed by atoms with Crippen molar-refractivity contribution in [1.82, 2.24) is 15.2 Å². The van der Waals surface area contributed by atoms with Crippen molar-refractivity contribution in [3.8, 4) is 5.75 Å². The molecule has 1 aromatic carbocycles. The summed E-state index contributed by atoms with van der Waals surface area (Å²) in [6.07, 6.45) is 1.71. The van der Waals surface area contributed by atoms with E-state index in [-0.39, 0.29) is 11.6 Å². The number of rotatable bonds is 6. The number of para-hydroxylation sites is 1. The Labute approximate surface area is 158 Å². The molecule has 7 heteroatoms. The molecule has 2 rings (SSSR count). The summed E-state index contributed by atoms with van der Waals surface area (Å²) < 4.78 is 32.5. The number of halogens is 2. The van der Waals surface area contributed by atoms with Crippen molar-refractivity contribution in [2.24, 2.45) is 4.99 Å². The van der Waals surface area contributed by atoms with Crippen LogP contribution < -0.4 is 10.1 Å². The number of benzene rings is 1. The molecule has 0 aliphatic rings. The van der Waals surface area contributed by atoms with Crippen LogP contribution in [0, 0.1) is 11.9 Å². The van der Waals surface area contributed by atoms with Crippen LogP contribution in [0.4, 0.5) is 8.78 Å². The molecule has 5 nitrogen and oxygen atoms in total. The molecule has 27 heavy (non-hydrogen) atoms. The third kappa shape index (κ3) is 6.06. The zero-order chi connectivity index (χ0) is 19.8. The van der Waals surface area contributed by atoms with Crippen molar-refractivity contribution in [2.75, 3.05) is 20.7 Å². The number of guanidine groups is 1. The first kappa shape index (κ1) is 20.4. The minimum atomic E-state index is -0.845. The van der Waals surface area contributed by atoms with Crippen molar-refractivity contribution >= 4 is 11.5 Å². The molecule has 1 unspecified atom stereocenters. The molecule has 0 saturated heterocycles. The number of allylic oxidation sites excluding steroid dienone is 1. The van der Waals surface area contributed by atoms with Gasteiger partial charge in [-0.15, -0.1) is 0 Å². The molecular formula is C20H24F2N4O. The van der Waals surface area contributed by atoms with Gasteiger partial charge in [-0.25, -0.2) is 4.99 Å². The highest BCUT2D eigenvalue weighted by molar-refractivity contribution is 5.82. The normalized spacial score (nSPS) is 13.3. The van der Waals surface area contributed by atoms with Crippen LogP contribution in [0.2, 0.25) is 0 Å². The van der Waals surface area contributed by atoms with Gasteiger partial charge in [0.05, 0.1) is 6.04 Å². The Morgan fingerprint density at radius 3 is 2.59 bits per heavy atom. The van der Waals surface area contributed by atoms with Crippen molar-refractivity contribution < 1.29 is 13.5 Å². The first-order chi connectivity index (χ1) is 12.9. The van der Waals surface area contributed by atoms with Crippen LogP contribution in [-0.2, 0) is 0 Å². The van der Waals surface area contributed by atoms with E-state index in [1.54, 1.807) is 32.1 Å². The van der Waals surface area contributed by atoms with Gasteiger partial charge in [0.2, 0.25) is 11.9 Å². The zero-order valence-electron chi connectivity index (χ0n) is 15.9. The van der Waals surface area contributed by atoms with Crippen LogP contribution in [-0.4, -0.2) is 42.6 Å². The van der Waals surface area contributed by atoms with E-state index in [1.807, 2.05) is 37.3 Å². The van der Waals surface area contributed by atoms with Gasteiger partial charge in [-0.1, -0.05) is 18.2 Å². The average Bonchev–Trinajstić information content (AvgIpc) is 2.65. The number of hydrogen-bond acceptors (Lipinski definition) is 3. The highest BCUT2D eigenvalue weighted by Crippen LogP contribution is 2.17. The fourth-order valence-electron chi connectivity index (χ4n) is 2.44. The summed E-state index contributed by atoms with van der Waals surface area (Å²) >= 11 is 0. The monoisotopic (exact) mass is 374 g/mol. The van der Waals surface area contributed by atoms with Gasteiger partial charge in [-0.2, -0.15) is 13.8 Å². The Bertz CT molecular complexity index is 809. The Morgan fingerprint density at radius 2 is 1.96 bits per heavy atom. The number of ether oxygens (including phenoxy) is 1. The van der Waals surface area contributed by atoms with Gasteiger partial charge in [0.1, 0.15) is 12.4 Å². The van der Waals surface area contributed by atoms with Gasteiger partial charge < -0.3 is 15.0 Å². The first-order valence-corrected chi connectivity index (χ1v) is 8.57. The molecule has 1 N–H and O–H groups in total. The van der Waals surface area contributed by atoms with Gasteiger partial charge >= 0.3 is 0 Å². The predicted molar refractivity (Wildman–Crippen MR) is 103 cm³/mol. The lowest BCUT2D eigenvalue weighted by molar-refractivity contribution is 0.296. The summed E-state index contributed by atoms with van der Waals surface area (Å²) in [6.45, 7) is 4.08. The molecule has 0 spiro atoms. The second-order valence-electron chi connectivity index (χ2n) is 6.07. The van der Waals surface area contributed by atoms with Gasteiger partial charge in [0, 0.05) is 25.9 Å². The molecule has 0 bridgehead atoms. The number of nitrogens with one attached hydrogen (secondary N) is 1. The highest BCUT2D eigenvalue weighted by atomic mass is 19.1. The molecule has 0 radical (unpaired) electrons. The maximum Gasteiger partial charge on any atom is 0.223 e. The minimum absolute atomic E-state index is 0.104. The Hall–Kier alpha value is -2.96. The lowest BCUT2D eigenvalue weighted by Crippen LogP contribution is -2.35. The molecule has 0 amide bonds. The van der Waals surface area contributed by atoms with Crippen LogP contribution >= 0.6 is 0 Å². The third-order valence-electron chi connectivity index (χ3n) is 3.76. The molecule has 0 saturated carbocycles. The zero-order valence-corrected chi connectivity index (χ0v) is 15.9. The molecule has 1 atom stereocenters. The maximum atomic E-state index is 13.8. The van der Waals surface area contributed by atoms with Crippen molar-refractivity contribution in [3.63, 3.8) is 0 Å². The van der Waals surface area contributed by atoms with Crippen LogP contribution in [0.3, 0.4) is 0 Å². The van der Waals surface area contributed by atoms with Gasteiger partial charge in [0.15, 0.2) is 5.96 Å². The molecular weight excluding hydrogens is 350 g/mol. The molecule has 2 aromatic rings. The smallest absolute Gasteiger partial charge is 0.223 e. The van der Waals surface area contributed by atoms with E-state index in [2.05, 4.69) is 15.3 Å². The minimum Gasteiger partial charge on any atom is -0.491 e. The lowest BCUT2D eigenvalue weighted by atomic mass is 10.1. The second-order valence-corrected chi connectivity index (χ2v) is 6.07. The van der Waals surface area contributed by atoms with Gasteiger partial charge in [0.25, 0.3) is 0 Å². The molecule has 1 aromatic heterocycles. The number of hydrogen-bond donors (Lipinski definition) is 1. The molecule has 0 aliphatic heterocycles. The van der Waals surface area contributed by atoms with E-state index in [1.165, 1.54) is 6.07 Å². The van der Waals surface area contributed by atoms with E-state index in [0.29, 0.717) is 18.1 Å². The van der Waals surface area contributed by atoms with Crippen molar-refractivity contribution in [1.29, 1.82) is 0 Å². The predicted octanol–water partition coefficient (Wildman–Crippen LogP) is 3.70. The summed E-state index contributed by atoms with van der Waals surface area (Å²) in [7, 11) is 3.54. The van der Waals surface area contributed by atoms with Crippen molar-refractivity contribution in [2.45, 2.75) is 19.9 Å². The number of pyridine rings is 1. The van der Waals surface area contributed by atoms with Crippen LogP contribution in [0.1, 0.15) is 19.4 Å². The quantitative estimate of drug-likeness (QED) is 0.476. The van der Waals surface area contributed by atoms with Crippen LogP contribution in [0.5, 0.6) is 5.75 Å². The molecule has 0 fully saturated rings. The van der Waals surface area contributed by atoms with E-state index in [9.17, 15) is 8.78 Å². The number of nitrogens with zero attached hydrogens (tertiary/aromatic N) is 3. The summed E-state index contributed by atoms with van der Waals surface area (Å²) in [5.41, 5.74) is 0.831. The number of aromatic nitrogens is 1. The first-order valence-electron chi connectivity index (χ1n) is 8.57. The number of aliphatic imine (C=N–C) groups is 1. The molecule has 1 heterocycles. The summed E-state index contributed by atoms with van der Waals surface area (Å²) in [6, 6.07) is 11.9. The van der Waals surface area contributed by atoms with Crippen LogP contribution in [0.15, 0.2) is 53.7 Å². The second kappa shape index (κ2) is 9.66. The Balaban J connectivity index is 2.06. The summed E-state index contributed by atoms with van der Waals surface area (Å²) in [5, 5.41) is 3.02. The standard InChI is InChI=1S/C20H24F2N4O/c1-14(17-10-11-18(21)25-19(17)22)12-26(4)20(23-3)24-15(2)13-27-16-8-6-5-7-9-16/h5-12,15H,13H2,1-4H3,(H,23,24)/b14-12+. The Kier molecular flexibility index (Phi) is 7.28. The van der Waals surface area contributed by atoms with E-state index >= 15 is 0 Å².